The predicted octanol–water partition coefficient (Wildman–Crippen LogP) is 5.04. The fourth-order valence-corrected chi connectivity index (χ4v) is 4.50. The number of hydrogen-bond donors (Lipinski definition) is 1. The van der Waals surface area contributed by atoms with Crippen LogP contribution in [-0.4, -0.2) is 49.1 Å². The lowest BCUT2D eigenvalue weighted by molar-refractivity contribution is -0.140. The number of methoxy groups -OCH3 is 2. The molecule has 0 bridgehead atoms. The molecule has 3 aromatic carbocycles. The summed E-state index contributed by atoms with van der Waals surface area (Å²) in [6.45, 7) is 2.98. The molecule has 1 fully saturated rings. The number of carbonyl (C=O) groups excluding carboxylic acids is 2. The quantitative estimate of drug-likeness (QED) is 0.181. The van der Waals surface area contributed by atoms with Crippen molar-refractivity contribution in [2.75, 3.05) is 27.4 Å². The van der Waals surface area contributed by atoms with Crippen molar-refractivity contribution in [2.45, 2.75) is 26.0 Å². The molecule has 0 saturated carbocycles. The van der Waals surface area contributed by atoms with Gasteiger partial charge in [-0.3, -0.25) is 9.59 Å². The van der Waals surface area contributed by atoms with E-state index in [1.807, 2.05) is 67.6 Å². The van der Waals surface area contributed by atoms with E-state index in [0.29, 0.717) is 48.8 Å². The Bertz CT molecular complexity index is 1300. The van der Waals surface area contributed by atoms with Gasteiger partial charge in [-0.1, -0.05) is 54.1 Å². The molecule has 1 unspecified atom stereocenters. The molecule has 1 atom stereocenters. The minimum atomic E-state index is -0.789. The molecule has 4 rings (SSSR count). The van der Waals surface area contributed by atoms with E-state index >= 15 is 0 Å². The number of ketones is 1. The Hall–Kier alpha value is -4.10. The number of Topliss-reactive ketones (excluding diaryl/α,β-unsaturated/α-hetero) is 1. The second-order valence-corrected chi connectivity index (χ2v) is 8.89. The summed E-state index contributed by atoms with van der Waals surface area (Å²) in [7, 11) is 3.08. The summed E-state index contributed by atoms with van der Waals surface area (Å²) < 4.78 is 16.6. The summed E-state index contributed by atoms with van der Waals surface area (Å²) in [6, 6.07) is 21.6. The van der Waals surface area contributed by atoms with Gasteiger partial charge in [0.15, 0.2) is 0 Å². The van der Waals surface area contributed by atoms with Crippen molar-refractivity contribution in [1.29, 1.82) is 0 Å². The molecule has 1 saturated heterocycles. The molecule has 1 N–H and O–H groups in total. The van der Waals surface area contributed by atoms with Crippen LogP contribution in [-0.2, 0) is 20.9 Å². The van der Waals surface area contributed by atoms with Crippen LogP contribution in [0.1, 0.15) is 34.7 Å². The van der Waals surface area contributed by atoms with Crippen LogP contribution in [0.15, 0.2) is 78.4 Å². The smallest absolute Gasteiger partial charge is 0.295 e. The van der Waals surface area contributed by atoms with Crippen molar-refractivity contribution in [2.24, 2.45) is 0 Å². The van der Waals surface area contributed by atoms with Crippen molar-refractivity contribution in [3.8, 4) is 11.5 Å². The van der Waals surface area contributed by atoms with Gasteiger partial charge in [0, 0.05) is 20.3 Å². The minimum absolute atomic E-state index is 0.0199. The van der Waals surface area contributed by atoms with Gasteiger partial charge in [0.05, 0.1) is 24.3 Å². The lowest BCUT2D eigenvalue weighted by atomic mass is 9.94. The lowest BCUT2D eigenvalue weighted by Gasteiger charge is -2.26. The third kappa shape index (κ3) is 5.67. The fourth-order valence-electron chi connectivity index (χ4n) is 4.50. The Kier molecular flexibility index (Phi) is 8.25. The highest BCUT2D eigenvalue weighted by Gasteiger charge is 2.46. The fraction of sp³-hybridized carbons (Fsp3) is 0.267. The van der Waals surface area contributed by atoms with Gasteiger partial charge >= 0.3 is 0 Å². The summed E-state index contributed by atoms with van der Waals surface area (Å²) in [4.78, 5) is 28.0. The summed E-state index contributed by atoms with van der Waals surface area (Å²) in [6.07, 6.45) is 0.540. The first-order chi connectivity index (χ1) is 17.9. The molecule has 37 heavy (non-hydrogen) atoms. The lowest BCUT2D eigenvalue weighted by Crippen LogP contribution is -2.31. The average molecular weight is 502 g/mol. The van der Waals surface area contributed by atoms with Crippen LogP contribution in [0, 0.1) is 6.92 Å². The largest absolute Gasteiger partial charge is 0.507 e. The summed E-state index contributed by atoms with van der Waals surface area (Å²) in [5, 5.41) is 11.4. The Labute approximate surface area is 216 Å². The van der Waals surface area contributed by atoms with Gasteiger partial charge in [-0.15, -0.1) is 0 Å². The molecule has 0 radical (unpaired) electrons. The van der Waals surface area contributed by atoms with Gasteiger partial charge in [0.1, 0.15) is 23.9 Å². The van der Waals surface area contributed by atoms with Crippen LogP contribution in [0.2, 0.25) is 0 Å². The van der Waals surface area contributed by atoms with E-state index in [1.54, 1.807) is 19.2 Å². The number of ether oxygens (including phenoxy) is 3. The number of amides is 1. The first kappa shape index (κ1) is 26.0. The first-order valence-corrected chi connectivity index (χ1v) is 12.1. The number of aryl methyl sites for hydroxylation is 1. The molecule has 0 spiro atoms. The van der Waals surface area contributed by atoms with E-state index in [-0.39, 0.29) is 11.3 Å². The highest BCUT2D eigenvalue weighted by atomic mass is 16.5. The number of rotatable bonds is 10. The SMILES string of the molecule is COCCCN1C(=O)C(=O)/C(=C(/O)c2cc(C)ccc2OC)C1c1cccc(OCc2ccccc2)c1. The summed E-state index contributed by atoms with van der Waals surface area (Å²) in [5.41, 5.74) is 2.94. The molecule has 0 aromatic heterocycles. The highest BCUT2D eigenvalue weighted by Crippen LogP contribution is 2.41. The molecule has 0 aliphatic carbocycles. The van der Waals surface area contributed by atoms with Crippen LogP contribution >= 0.6 is 0 Å². The monoisotopic (exact) mass is 501 g/mol. The van der Waals surface area contributed by atoms with E-state index in [0.717, 1.165) is 11.1 Å². The molecule has 3 aromatic rings. The zero-order valence-corrected chi connectivity index (χ0v) is 21.3. The van der Waals surface area contributed by atoms with Gasteiger partial charge in [-0.2, -0.15) is 0 Å². The number of likely N-dealkylation sites (tertiary alicyclic amines) is 1. The molecular weight excluding hydrogens is 470 g/mol. The Morgan fingerprint density at radius 1 is 0.973 bits per heavy atom. The predicted molar refractivity (Wildman–Crippen MR) is 140 cm³/mol. The maximum Gasteiger partial charge on any atom is 0.295 e. The Morgan fingerprint density at radius 3 is 2.49 bits per heavy atom. The van der Waals surface area contributed by atoms with Crippen LogP contribution in [0.3, 0.4) is 0 Å². The van der Waals surface area contributed by atoms with Crippen molar-refractivity contribution in [1.82, 2.24) is 4.90 Å². The Balaban J connectivity index is 1.77. The standard InChI is InChI=1S/C30H31NO6/c1-20-13-14-25(36-3)24(17-20)28(32)26-27(31(15-8-16-35-2)30(34)29(26)33)22-11-7-12-23(18-22)37-19-21-9-5-4-6-10-21/h4-7,9-14,17-18,27,32H,8,15-16,19H2,1-3H3/b28-26+. The number of aliphatic hydroxyl groups is 1. The first-order valence-electron chi connectivity index (χ1n) is 12.1. The topological polar surface area (TPSA) is 85.3 Å². The minimum Gasteiger partial charge on any atom is -0.507 e. The molecule has 1 heterocycles. The van der Waals surface area contributed by atoms with Gasteiger partial charge < -0.3 is 24.2 Å². The molecule has 1 amide bonds. The second-order valence-electron chi connectivity index (χ2n) is 8.89. The summed E-state index contributed by atoms with van der Waals surface area (Å²) >= 11 is 0. The van der Waals surface area contributed by atoms with Gasteiger partial charge in [-0.25, -0.2) is 0 Å². The maximum absolute atomic E-state index is 13.3. The normalized spacial score (nSPS) is 16.7. The van der Waals surface area contributed by atoms with E-state index in [2.05, 4.69) is 0 Å². The molecule has 1 aliphatic rings. The third-order valence-electron chi connectivity index (χ3n) is 6.32. The van der Waals surface area contributed by atoms with E-state index in [9.17, 15) is 14.7 Å². The van der Waals surface area contributed by atoms with Crippen LogP contribution in [0.5, 0.6) is 11.5 Å². The van der Waals surface area contributed by atoms with Crippen LogP contribution in [0.25, 0.3) is 5.76 Å². The van der Waals surface area contributed by atoms with Crippen molar-refractivity contribution >= 4 is 17.4 Å². The molecule has 7 heteroatoms. The van der Waals surface area contributed by atoms with E-state index in [4.69, 9.17) is 14.2 Å². The van der Waals surface area contributed by atoms with Crippen molar-refractivity contribution in [3.63, 3.8) is 0 Å². The molecule has 1 aliphatic heterocycles. The summed E-state index contributed by atoms with van der Waals surface area (Å²) in [5.74, 6) is -0.665. The van der Waals surface area contributed by atoms with Crippen LogP contribution in [0.4, 0.5) is 0 Å². The number of carbonyl (C=O) groups is 2. The van der Waals surface area contributed by atoms with Gasteiger partial charge in [0.2, 0.25) is 0 Å². The number of nitrogens with zero attached hydrogens (tertiary/aromatic N) is 1. The van der Waals surface area contributed by atoms with Crippen molar-refractivity contribution < 1.29 is 28.9 Å². The van der Waals surface area contributed by atoms with Gasteiger partial charge in [-0.05, 0) is 48.7 Å². The zero-order valence-electron chi connectivity index (χ0n) is 21.3. The van der Waals surface area contributed by atoms with E-state index in [1.165, 1.54) is 12.0 Å². The maximum atomic E-state index is 13.3. The number of benzene rings is 3. The van der Waals surface area contributed by atoms with Crippen LogP contribution < -0.4 is 9.47 Å². The molecule has 192 valence electrons. The highest BCUT2D eigenvalue weighted by molar-refractivity contribution is 6.46. The zero-order chi connectivity index (χ0) is 26.4. The second kappa shape index (κ2) is 11.8. The van der Waals surface area contributed by atoms with E-state index < -0.39 is 17.7 Å². The van der Waals surface area contributed by atoms with Gasteiger partial charge in [0.25, 0.3) is 11.7 Å². The Morgan fingerprint density at radius 2 is 1.76 bits per heavy atom. The molecular formula is C30H31NO6. The average Bonchev–Trinajstić information content (AvgIpc) is 3.17. The number of aliphatic hydroxyl groups excluding tert-OH is 1. The molecule has 7 nitrogen and oxygen atoms in total. The third-order valence-corrected chi connectivity index (χ3v) is 6.32. The number of hydrogen-bond acceptors (Lipinski definition) is 6. The van der Waals surface area contributed by atoms with Crippen molar-refractivity contribution in [3.05, 3.63) is 101 Å².